The molecule has 2 atom stereocenters. The molecular weight excluding hydrogens is 246 g/mol. The van der Waals surface area contributed by atoms with Crippen LogP contribution < -0.4 is 5.32 Å². The van der Waals surface area contributed by atoms with E-state index < -0.39 is 0 Å². The van der Waals surface area contributed by atoms with E-state index in [1.165, 1.54) is 23.2 Å². The molecule has 106 valence electrons. The number of aromatic nitrogens is 2. The third kappa shape index (κ3) is 2.27. The quantitative estimate of drug-likeness (QED) is 0.872. The van der Waals surface area contributed by atoms with Crippen molar-refractivity contribution in [3.05, 3.63) is 53.3 Å². The Morgan fingerprint density at radius 3 is 2.90 bits per heavy atom. The number of hydrogen-bond donors (Lipinski definition) is 1. The molecule has 1 N–H and O–H groups in total. The summed E-state index contributed by atoms with van der Waals surface area (Å²) in [6, 6.07) is 11.4. The predicted molar refractivity (Wildman–Crippen MR) is 81.8 cm³/mol. The second-order valence-electron chi connectivity index (χ2n) is 5.52. The molecule has 2 unspecified atom stereocenters. The summed E-state index contributed by atoms with van der Waals surface area (Å²) in [6.45, 7) is 6.36. The average Bonchev–Trinajstić information content (AvgIpc) is 2.88. The Kier molecular flexibility index (Phi) is 3.88. The van der Waals surface area contributed by atoms with Gasteiger partial charge in [-0.3, -0.25) is 4.68 Å². The summed E-state index contributed by atoms with van der Waals surface area (Å²) in [4.78, 5) is 0. The van der Waals surface area contributed by atoms with Gasteiger partial charge in [-0.05, 0) is 36.6 Å². The van der Waals surface area contributed by atoms with Crippen LogP contribution in [0.1, 0.15) is 49.0 Å². The molecule has 2 aromatic rings. The maximum absolute atomic E-state index is 4.48. The minimum atomic E-state index is 0.379. The van der Waals surface area contributed by atoms with Gasteiger partial charge in [-0.15, -0.1) is 0 Å². The number of fused-ring (bicyclic) bond motifs is 1. The van der Waals surface area contributed by atoms with Crippen LogP contribution >= 0.6 is 0 Å². The van der Waals surface area contributed by atoms with Crippen LogP contribution in [0.5, 0.6) is 0 Å². The highest BCUT2D eigenvalue weighted by atomic mass is 15.3. The van der Waals surface area contributed by atoms with Gasteiger partial charge in [-0.25, -0.2) is 0 Å². The molecule has 1 aromatic heterocycles. The van der Waals surface area contributed by atoms with E-state index in [1.807, 2.05) is 6.20 Å². The number of nitrogens with one attached hydrogen (secondary N) is 1. The lowest BCUT2D eigenvalue weighted by Gasteiger charge is -2.37. The molecule has 0 amide bonds. The van der Waals surface area contributed by atoms with Crippen molar-refractivity contribution in [2.24, 2.45) is 0 Å². The first kappa shape index (κ1) is 13.4. The van der Waals surface area contributed by atoms with Crippen LogP contribution in [0.3, 0.4) is 0 Å². The van der Waals surface area contributed by atoms with Gasteiger partial charge in [0.1, 0.15) is 0 Å². The van der Waals surface area contributed by atoms with Gasteiger partial charge in [0, 0.05) is 18.7 Å². The van der Waals surface area contributed by atoms with E-state index in [9.17, 15) is 0 Å². The van der Waals surface area contributed by atoms with Crippen LogP contribution in [0.25, 0.3) is 0 Å². The number of benzene rings is 1. The van der Waals surface area contributed by atoms with Crippen molar-refractivity contribution in [3.63, 3.8) is 0 Å². The molecule has 0 bridgehead atoms. The van der Waals surface area contributed by atoms with Gasteiger partial charge in [-0.2, -0.15) is 5.10 Å². The maximum atomic E-state index is 4.48. The Bertz CT molecular complexity index is 573. The second-order valence-corrected chi connectivity index (χ2v) is 5.52. The highest BCUT2D eigenvalue weighted by Gasteiger charge is 2.34. The number of hydrogen-bond acceptors (Lipinski definition) is 2. The molecule has 0 fully saturated rings. The minimum Gasteiger partial charge on any atom is -0.308 e. The van der Waals surface area contributed by atoms with Crippen molar-refractivity contribution < 1.29 is 0 Å². The molecule has 1 aliphatic rings. The van der Waals surface area contributed by atoms with E-state index in [0.29, 0.717) is 12.0 Å². The van der Waals surface area contributed by atoms with E-state index in [0.717, 1.165) is 19.5 Å². The highest BCUT2D eigenvalue weighted by molar-refractivity contribution is 5.42. The van der Waals surface area contributed by atoms with E-state index in [1.54, 1.807) is 0 Å². The molecule has 3 nitrogen and oxygen atoms in total. The van der Waals surface area contributed by atoms with Crippen LogP contribution in [0.2, 0.25) is 0 Å². The Hall–Kier alpha value is -1.61. The summed E-state index contributed by atoms with van der Waals surface area (Å²) < 4.78 is 2.16. The van der Waals surface area contributed by atoms with Crippen molar-refractivity contribution in [2.75, 3.05) is 6.54 Å². The van der Waals surface area contributed by atoms with Crippen molar-refractivity contribution in [3.8, 4) is 0 Å². The van der Waals surface area contributed by atoms with Gasteiger partial charge in [0.25, 0.3) is 0 Å². The zero-order valence-electron chi connectivity index (χ0n) is 12.3. The third-order valence-electron chi connectivity index (χ3n) is 4.22. The first-order valence-corrected chi connectivity index (χ1v) is 7.68. The van der Waals surface area contributed by atoms with Crippen molar-refractivity contribution in [2.45, 2.75) is 45.2 Å². The SMILES string of the molecule is CCCn1nccc1C(NCC)C1Cc2ccccc21. The number of likely N-dealkylation sites (N-methyl/N-ethyl adjacent to an activating group) is 1. The maximum Gasteiger partial charge on any atom is 0.0564 e. The monoisotopic (exact) mass is 269 g/mol. The van der Waals surface area contributed by atoms with E-state index in [-0.39, 0.29) is 0 Å². The Morgan fingerprint density at radius 1 is 1.30 bits per heavy atom. The van der Waals surface area contributed by atoms with Crippen LogP contribution in [0.4, 0.5) is 0 Å². The summed E-state index contributed by atoms with van der Waals surface area (Å²) in [5.41, 5.74) is 4.33. The first-order valence-electron chi connectivity index (χ1n) is 7.68. The lowest BCUT2D eigenvalue weighted by Crippen LogP contribution is -2.34. The van der Waals surface area contributed by atoms with Crippen molar-refractivity contribution in [1.29, 1.82) is 0 Å². The van der Waals surface area contributed by atoms with Gasteiger partial charge < -0.3 is 5.32 Å². The first-order chi connectivity index (χ1) is 9.85. The Balaban J connectivity index is 1.89. The number of aryl methyl sites for hydroxylation is 1. The smallest absolute Gasteiger partial charge is 0.0564 e. The van der Waals surface area contributed by atoms with Gasteiger partial charge in [0.2, 0.25) is 0 Å². The van der Waals surface area contributed by atoms with Gasteiger partial charge in [-0.1, -0.05) is 38.1 Å². The van der Waals surface area contributed by atoms with E-state index in [4.69, 9.17) is 0 Å². The predicted octanol–water partition coefficient (Wildman–Crippen LogP) is 3.28. The van der Waals surface area contributed by atoms with Gasteiger partial charge >= 0.3 is 0 Å². The minimum absolute atomic E-state index is 0.379. The molecule has 0 aliphatic heterocycles. The van der Waals surface area contributed by atoms with Crippen LogP contribution in [-0.4, -0.2) is 16.3 Å². The molecule has 0 spiro atoms. The van der Waals surface area contributed by atoms with Gasteiger partial charge in [0.05, 0.1) is 11.7 Å². The summed E-state index contributed by atoms with van der Waals surface area (Å²) in [5, 5.41) is 8.15. The molecule has 1 aliphatic carbocycles. The fraction of sp³-hybridized carbons (Fsp3) is 0.471. The average molecular weight is 269 g/mol. The van der Waals surface area contributed by atoms with Gasteiger partial charge in [0.15, 0.2) is 0 Å². The lowest BCUT2D eigenvalue weighted by atomic mass is 9.72. The molecule has 3 rings (SSSR count). The van der Waals surface area contributed by atoms with Crippen LogP contribution in [0.15, 0.2) is 36.5 Å². The third-order valence-corrected chi connectivity index (χ3v) is 4.22. The van der Waals surface area contributed by atoms with E-state index >= 15 is 0 Å². The largest absolute Gasteiger partial charge is 0.308 e. The molecule has 0 saturated heterocycles. The normalized spacial score (nSPS) is 18.4. The van der Waals surface area contributed by atoms with Crippen molar-refractivity contribution >= 4 is 0 Å². The van der Waals surface area contributed by atoms with Crippen LogP contribution in [-0.2, 0) is 13.0 Å². The number of rotatable bonds is 6. The Labute approximate surface area is 121 Å². The lowest BCUT2D eigenvalue weighted by molar-refractivity contribution is 0.388. The van der Waals surface area contributed by atoms with Crippen LogP contribution in [0, 0.1) is 0 Å². The summed E-state index contributed by atoms with van der Waals surface area (Å²) in [6.07, 6.45) is 4.22. The summed E-state index contributed by atoms with van der Waals surface area (Å²) in [7, 11) is 0. The molecule has 1 aromatic carbocycles. The zero-order valence-corrected chi connectivity index (χ0v) is 12.3. The Morgan fingerprint density at radius 2 is 2.15 bits per heavy atom. The van der Waals surface area contributed by atoms with E-state index in [2.05, 4.69) is 59.3 Å². The fourth-order valence-corrected chi connectivity index (χ4v) is 3.27. The molecular formula is C17H23N3. The summed E-state index contributed by atoms with van der Waals surface area (Å²) in [5.74, 6) is 0.582. The molecule has 20 heavy (non-hydrogen) atoms. The highest BCUT2D eigenvalue weighted by Crippen LogP contribution is 2.43. The molecule has 3 heteroatoms. The van der Waals surface area contributed by atoms with Crippen molar-refractivity contribution in [1.82, 2.24) is 15.1 Å². The molecule has 0 saturated carbocycles. The fourth-order valence-electron chi connectivity index (χ4n) is 3.27. The molecule has 0 radical (unpaired) electrons. The second kappa shape index (κ2) is 5.80. The molecule has 1 heterocycles. The topological polar surface area (TPSA) is 29.9 Å². The number of nitrogens with zero attached hydrogens (tertiary/aromatic N) is 2. The standard InChI is InChI=1S/C17H23N3/c1-3-11-20-16(9-10-19-20)17(18-4-2)15-12-13-7-5-6-8-14(13)15/h5-10,15,17-18H,3-4,11-12H2,1-2H3. The zero-order chi connectivity index (χ0) is 13.9. The summed E-state index contributed by atoms with van der Waals surface area (Å²) >= 11 is 0.